The van der Waals surface area contributed by atoms with E-state index >= 15 is 0 Å². The lowest BCUT2D eigenvalue weighted by molar-refractivity contribution is 0.217. The molecule has 1 unspecified atom stereocenters. The highest BCUT2D eigenvalue weighted by Gasteiger charge is 2.17. The molecule has 0 aliphatic rings. The van der Waals surface area contributed by atoms with Crippen LogP contribution in [-0.4, -0.2) is 17.3 Å². The summed E-state index contributed by atoms with van der Waals surface area (Å²) in [6.45, 7) is 1.72. The highest BCUT2D eigenvalue weighted by atomic mass is 35.5. The molecular formula is C10H11ClFNO. The third-order valence-electron chi connectivity index (χ3n) is 2.21. The van der Waals surface area contributed by atoms with E-state index in [0.717, 1.165) is 0 Å². The number of benzene rings is 1. The Morgan fingerprint density at radius 2 is 2.07 bits per heavy atom. The van der Waals surface area contributed by atoms with Gasteiger partial charge in [0.25, 0.3) is 0 Å². The molecule has 0 aromatic heterocycles. The van der Waals surface area contributed by atoms with Crippen LogP contribution in [0.1, 0.15) is 18.5 Å². The first-order chi connectivity index (χ1) is 6.54. The van der Waals surface area contributed by atoms with Crippen LogP contribution >= 0.6 is 11.6 Å². The van der Waals surface area contributed by atoms with Gasteiger partial charge in [0.2, 0.25) is 0 Å². The monoisotopic (exact) mass is 215 g/mol. The Labute approximate surface area is 87.3 Å². The topological polar surface area (TPSA) is 20.3 Å². The normalized spacial score (nSPS) is 12.3. The Balaban J connectivity index is 2.94. The molecule has 0 fully saturated rings. The molecule has 0 aliphatic heterocycles. The van der Waals surface area contributed by atoms with E-state index < -0.39 is 5.37 Å². The van der Waals surface area contributed by atoms with Crippen LogP contribution in [0.4, 0.5) is 9.18 Å². The van der Waals surface area contributed by atoms with Crippen molar-refractivity contribution in [3.8, 4) is 0 Å². The molecule has 14 heavy (non-hydrogen) atoms. The molecule has 1 rings (SSSR count). The highest BCUT2D eigenvalue weighted by Crippen LogP contribution is 2.22. The summed E-state index contributed by atoms with van der Waals surface area (Å²) in [6.07, 6.45) is 0. The first kappa shape index (κ1) is 11.0. The molecule has 0 heterocycles. The minimum absolute atomic E-state index is 0.329. The fourth-order valence-corrected chi connectivity index (χ4v) is 1.32. The molecule has 76 valence electrons. The summed E-state index contributed by atoms with van der Waals surface area (Å²) in [7, 11) is 1.53. The van der Waals surface area contributed by atoms with E-state index in [0.29, 0.717) is 5.56 Å². The predicted octanol–water partition coefficient (Wildman–Crippen LogP) is 3.18. The van der Waals surface area contributed by atoms with Crippen LogP contribution in [0.15, 0.2) is 24.3 Å². The Morgan fingerprint density at radius 1 is 1.50 bits per heavy atom. The molecule has 1 aromatic rings. The molecule has 2 nitrogen and oxygen atoms in total. The van der Waals surface area contributed by atoms with Crippen molar-refractivity contribution in [1.29, 1.82) is 0 Å². The van der Waals surface area contributed by atoms with Gasteiger partial charge in [-0.05, 0) is 24.6 Å². The Morgan fingerprint density at radius 3 is 2.57 bits per heavy atom. The molecule has 4 heteroatoms. The van der Waals surface area contributed by atoms with Crippen molar-refractivity contribution in [2.24, 2.45) is 0 Å². The van der Waals surface area contributed by atoms with E-state index in [4.69, 9.17) is 11.6 Å². The zero-order valence-corrected chi connectivity index (χ0v) is 8.75. The largest absolute Gasteiger partial charge is 0.325 e. The van der Waals surface area contributed by atoms with E-state index in [1.807, 2.05) is 0 Å². The Hall–Kier alpha value is -1.09. The molecule has 0 aliphatic carbocycles. The number of halogens is 2. The third-order valence-corrected chi connectivity index (χ3v) is 2.48. The lowest BCUT2D eigenvalue weighted by Gasteiger charge is -2.22. The molecule has 0 N–H and O–H groups in total. The fraction of sp³-hybridized carbons (Fsp3) is 0.300. The summed E-state index contributed by atoms with van der Waals surface area (Å²) in [4.78, 5) is 12.1. The van der Waals surface area contributed by atoms with Crippen molar-refractivity contribution >= 4 is 17.0 Å². The van der Waals surface area contributed by atoms with Crippen LogP contribution in [0.3, 0.4) is 0 Å². The van der Waals surface area contributed by atoms with Gasteiger partial charge in [-0.3, -0.25) is 4.79 Å². The number of carbonyl (C=O) groups is 1. The quantitative estimate of drug-likeness (QED) is 0.548. The van der Waals surface area contributed by atoms with Gasteiger partial charge in [-0.1, -0.05) is 18.2 Å². The summed E-state index contributed by atoms with van der Waals surface area (Å²) in [5.41, 5.74) is 0.462. The number of carbonyl (C=O) groups excluding carboxylic acids is 1. The van der Waals surface area contributed by atoms with Gasteiger partial charge in [-0.25, -0.2) is 4.39 Å². The van der Waals surface area contributed by atoms with Crippen LogP contribution < -0.4 is 0 Å². The number of hydrogen-bond donors (Lipinski definition) is 0. The number of amides is 1. The Kier molecular flexibility index (Phi) is 3.47. The molecule has 1 amide bonds. The first-order valence-corrected chi connectivity index (χ1v) is 4.58. The molecule has 0 saturated carbocycles. The number of hydrogen-bond acceptors (Lipinski definition) is 1. The molecule has 0 radical (unpaired) electrons. The van der Waals surface area contributed by atoms with E-state index in [2.05, 4.69) is 0 Å². The van der Waals surface area contributed by atoms with Crippen LogP contribution in [-0.2, 0) is 0 Å². The highest BCUT2D eigenvalue weighted by molar-refractivity contribution is 6.62. The zero-order valence-electron chi connectivity index (χ0n) is 8.00. The summed E-state index contributed by atoms with van der Waals surface area (Å²) in [5.74, 6) is -0.329. The lowest BCUT2D eigenvalue weighted by Crippen LogP contribution is -2.25. The maximum absolute atomic E-state index is 13.3. The number of nitrogens with zero attached hydrogens (tertiary/aromatic N) is 1. The van der Waals surface area contributed by atoms with Crippen LogP contribution in [0.5, 0.6) is 0 Å². The summed E-state index contributed by atoms with van der Waals surface area (Å²) in [6, 6.07) is 5.96. The van der Waals surface area contributed by atoms with Crippen LogP contribution in [0.25, 0.3) is 0 Å². The van der Waals surface area contributed by atoms with Crippen LogP contribution in [0.2, 0.25) is 0 Å². The van der Waals surface area contributed by atoms with Crippen molar-refractivity contribution in [2.45, 2.75) is 13.0 Å². The standard InChI is InChI=1S/C10H11ClFNO/c1-7(13(2)10(11)14)8-5-3-4-6-9(8)12/h3-7H,1-2H3. The molecule has 0 spiro atoms. The average Bonchev–Trinajstić information content (AvgIpc) is 2.16. The van der Waals surface area contributed by atoms with E-state index in [9.17, 15) is 9.18 Å². The van der Waals surface area contributed by atoms with Gasteiger partial charge in [-0.2, -0.15) is 0 Å². The first-order valence-electron chi connectivity index (χ1n) is 4.20. The second-order valence-corrected chi connectivity index (χ2v) is 3.38. The van der Waals surface area contributed by atoms with Crippen molar-refractivity contribution < 1.29 is 9.18 Å². The third kappa shape index (κ3) is 2.23. The molecule has 1 atom stereocenters. The summed E-state index contributed by atoms with van der Waals surface area (Å²) in [5, 5.41) is -0.597. The van der Waals surface area contributed by atoms with Gasteiger partial charge < -0.3 is 4.90 Å². The maximum atomic E-state index is 13.3. The smallest absolute Gasteiger partial charge is 0.316 e. The second kappa shape index (κ2) is 4.42. The van der Waals surface area contributed by atoms with Gasteiger partial charge in [0.1, 0.15) is 5.82 Å². The maximum Gasteiger partial charge on any atom is 0.316 e. The summed E-state index contributed by atoms with van der Waals surface area (Å²) >= 11 is 5.29. The van der Waals surface area contributed by atoms with Gasteiger partial charge in [0.15, 0.2) is 0 Å². The van der Waals surface area contributed by atoms with Crippen molar-refractivity contribution in [3.63, 3.8) is 0 Å². The Bertz CT molecular complexity index is 343. The fourth-order valence-electron chi connectivity index (χ4n) is 1.17. The predicted molar refractivity (Wildman–Crippen MR) is 53.8 cm³/mol. The van der Waals surface area contributed by atoms with E-state index in [-0.39, 0.29) is 11.9 Å². The molecule has 0 bridgehead atoms. The van der Waals surface area contributed by atoms with Gasteiger partial charge in [-0.15, -0.1) is 0 Å². The van der Waals surface area contributed by atoms with Gasteiger partial charge in [0.05, 0.1) is 6.04 Å². The SMILES string of the molecule is CC(c1ccccc1F)N(C)C(=O)Cl. The summed E-state index contributed by atoms with van der Waals surface area (Å²) < 4.78 is 13.3. The molecular weight excluding hydrogens is 205 g/mol. The van der Waals surface area contributed by atoms with Crippen molar-refractivity contribution in [3.05, 3.63) is 35.6 Å². The minimum Gasteiger partial charge on any atom is -0.325 e. The van der Waals surface area contributed by atoms with Crippen LogP contribution in [0, 0.1) is 5.82 Å². The number of rotatable bonds is 2. The second-order valence-electron chi connectivity index (χ2n) is 3.06. The van der Waals surface area contributed by atoms with Crippen molar-refractivity contribution in [1.82, 2.24) is 4.90 Å². The zero-order chi connectivity index (χ0) is 10.7. The van der Waals surface area contributed by atoms with E-state index in [1.54, 1.807) is 25.1 Å². The molecule has 0 saturated heterocycles. The molecule has 1 aromatic carbocycles. The van der Waals surface area contributed by atoms with Crippen molar-refractivity contribution in [2.75, 3.05) is 7.05 Å². The van der Waals surface area contributed by atoms with Gasteiger partial charge >= 0.3 is 5.37 Å². The minimum atomic E-state index is -0.597. The lowest BCUT2D eigenvalue weighted by atomic mass is 10.1. The van der Waals surface area contributed by atoms with E-state index in [1.165, 1.54) is 18.0 Å². The van der Waals surface area contributed by atoms with Gasteiger partial charge in [0, 0.05) is 12.6 Å². The average molecular weight is 216 g/mol.